The molecule has 5 nitrogen and oxygen atoms in total. The topological polar surface area (TPSA) is 89.4 Å². The van der Waals surface area contributed by atoms with Crippen LogP contribution in [0.3, 0.4) is 0 Å². The van der Waals surface area contributed by atoms with E-state index in [0.717, 1.165) is 25.1 Å². The van der Waals surface area contributed by atoms with Gasteiger partial charge in [-0.25, -0.2) is 13.6 Å². The summed E-state index contributed by atoms with van der Waals surface area (Å²) in [4.78, 5) is 2.29. The molecule has 0 aliphatic heterocycles. The maximum absolute atomic E-state index is 11.7. The van der Waals surface area contributed by atoms with E-state index >= 15 is 0 Å². The van der Waals surface area contributed by atoms with Crippen LogP contribution < -0.4 is 15.8 Å². The van der Waals surface area contributed by atoms with E-state index < -0.39 is 10.0 Å². The predicted octanol–water partition coefficient (Wildman–Crippen LogP) is 2.32. The first-order valence-corrected chi connectivity index (χ1v) is 9.03. The lowest BCUT2D eigenvalue weighted by Crippen LogP contribution is -2.37. The Morgan fingerprint density at radius 3 is 2.43 bits per heavy atom. The van der Waals surface area contributed by atoms with E-state index in [9.17, 15) is 8.42 Å². The summed E-state index contributed by atoms with van der Waals surface area (Å²) in [5.74, 6) is 0.475. The Hall–Kier alpha value is -1.27. The lowest BCUT2D eigenvalue weighted by atomic mass is 10.1. The minimum atomic E-state index is -3.79. The van der Waals surface area contributed by atoms with Gasteiger partial charge in [-0.2, -0.15) is 0 Å². The van der Waals surface area contributed by atoms with E-state index in [1.54, 1.807) is 6.07 Å². The largest absolute Gasteiger partial charge is 0.396 e. The summed E-state index contributed by atoms with van der Waals surface area (Å²) < 4.78 is 23.3. The van der Waals surface area contributed by atoms with Crippen LogP contribution in [-0.2, 0) is 10.0 Å². The Kier molecular flexibility index (Phi) is 4.78. The molecule has 4 N–H and O–H groups in total. The molecular formula is C15H25N3O2S. The predicted molar refractivity (Wildman–Crippen MR) is 86.7 cm³/mol. The normalized spacial score (nSPS) is 16.6. The fraction of sp³-hybridized carbons (Fsp3) is 0.600. The summed E-state index contributed by atoms with van der Waals surface area (Å²) in [5, 5.41) is 5.26. The molecule has 118 valence electrons. The zero-order chi connectivity index (χ0) is 15.6. The zero-order valence-electron chi connectivity index (χ0n) is 12.7. The average Bonchev–Trinajstić information content (AvgIpc) is 2.88. The molecule has 0 heterocycles. The fourth-order valence-corrected chi connectivity index (χ4v) is 3.76. The molecule has 1 aromatic carbocycles. The summed E-state index contributed by atoms with van der Waals surface area (Å²) in [5.41, 5.74) is 7.18. The van der Waals surface area contributed by atoms with Crippen molar-refractivity contribution in [3.63, 3.8) is 0 Å². The first-order chi connectivity index (χ1) is 9.80. The number of hydrogen-bond donors (Lipinski definition) is 2. The number of hydrogen-bond acceptors (Lipinski definition) is 4. The molecule has 0 atom stereocenters. The Bertz CT molecular complexity index is 593. The van der Waals surface area contributed by atoms with Gasteiger partial charge in [0, 0.05) is 12.6 Å². The molecule has 6 heteroatoms. The highest BCUT2D eigenvalue weighted by Crippen LogP contribution is 2.35. The highest BCUT2D eigenvalue weighted by Gasteiger charge is 2.26. The van der Waals surface area contributed by atoms with E-state index in [1.165, 1.54) is 18.9 Å². The third-order valence-corrected chi connectivity index (χ3v) is 4.96. The van der Waals surface area contributed by atoms with Crippen molar-refractivity contribution in [2.75, 3.05) is 17.2 Å². The number of sulfonamides is 1. The molecule has 1 fully saturated rings. The molecular weight excluding hydrogens is 286 g/mol. The number of nitrogens with two attached hydrogens (primary N) is 2. The van der Waals surface area contributed by atoms with Crippen molar-refractivity contribution in [2.45, 2.75) is 50.5 Å². The SMILES string of the molecule is CC(C)CN(c1cccc(S(N)(=O)=O)c1N)C1CCCC1. The number of nitrogens with zero attached hydrogens (tertiary/aromatic N) is 1. The summed E-state index contributed by atoms with van der Waals surface area (Å²) in [6.07, 6.45) is 4.69. The maximum atomic E-state index is 11.7. The van der Waals surface area contributed by atoms with Gasteiger partial charge in [0.2, 0.25) is 10.0 Å². The van der Waals surface area contributed by atoms with Crippen LogP contribution in [0.5, 0.6) is 0 Å². The van der Waals surface area contributed by atoms with Crippen molar-refractivity contribution in [2.24, 2.45) is 11.1 Å². The summed E-state index contributed by atoms with van der Waals surface area (Å²) in [7, 11) is -3.79. The van der Waals surface area contributed by atoms with Crippen molar-refractivity contribution in [3.8, 4) is 0 Å². The number of rotatable bonds is 5. The smallest absolute Gasteiger partial charge is 0.240 e. The molecule has 1 aliphatic carbocycles. The standard InChI is InChI=1S/C15H25N3O2S/c1-11(2)10-18(12-6-3-4-7-12)13-8-5-9-14(15(13)16)21(17,19)20/h5,8-9,11-12H,3-4,6-7,10,16H2,1-2H3,(H2,17,19,20). The number of anilines is 2. The average molecular weight is 311 g/mol. The summed E-state index contributed by atoms with van der Waals surface area (Å²) >= 11 is 0. The molecule has 0 spiro atoms. The third kappa shape index (κ3) is 3.68. The molecule has 0 aromatic heterocycles. The van der Waals surface area contributed by atoms with Crippen molar-refractivity contribution in [1.82, 2.24) is 0 Å². The van der Waals surface area contributed by atoms with Crippen LogP contribution in [0, 0.1) is 5.92 Å². The van der Waals surface area contributed by atoms with E-state index in [1.807, 2.05) is 6.07 Å². The molecule has 1 saturated carbocycles. The van der Waals surface area contributed by atoms with Gasteiger partial charge in [0.05, 0.1) is 11.4 Å². The van der Waals surface area contributed by atoms with E-state index in [-0.39, 0.29) is 10.6 Å². The Morgan fingerprint density at radius 2 is 1.90 bits per heavy atom. The Balaban J connectivity index is 2.44. The Morgan fingerprint density at radius 1 is 1.29 bits per heavy atom. The minimum absolute atomic E-state index is 0.0201. The number of benzene rings is 1. The number of primary sulfonamides is 1. The van der Waals surface area contributed by atoms with Crippen LogP contribution in [0.25, 0.3) is 0 Å². The number of para-hydroxylation sites is 1. The Labute approximate surface area is 127 Å². The summed E-state index contributed by atoms with van der Waals surface area (Å²) in [6.45, 7) is 5.17. The van der Waals surface area contributed by atoms with Gasteiger partial charge in [0.1, 0.15) is 4.90 Å². The highest BCUT2D eigenvalue weighted by molar-refractivity contribution is 7.89. The fourth-order valence-electron chi connectivity index (χ4n) is 3.08. The molecule has 0 amide bonds. The van der Waals surface area contributed by atoms with Crippen LogP contribution >= 0.6 is 0 Å². The van der Waals surface area contributed by atoms with Crippen molar-refractivity contribution in [3.05, 3.63) is 18.2 Å². The van der Waals surface area contributed by atoms with Gasteiger partial charge in [0.25, 0.3) is 0 Å². The molecule has 0 bridgehead atoms. The minimum Gasteiger partial charge on any atom is -0.396 e. The second-order valence-corrected chi connectivity index (χ2v) is 7.75. The molecule has 21 heavy (non-hydrogen) atoms. The second-order valence-electron chi connectivity index (χ2n) is 6.22. The monoisotopic (exact) mass is 311 g/mol. The van der Waals surface area contributed by atoms with Gasteiger partial charge in [0.15, 0.2) is 0 Å². The van der Waals surface area contributed by atoms with Crippen LogP contribution in [0.4, 0.5) is 11.4 Å². The molecule has 1 aromatic rings. The highest BCUT2D eigenvalue weighted by atomic mass is 32.2. The molecule has 0 unspecified atom stereocenters. The van der Waals surface area contributed by atoms with Gasteiger partial charge in [-0.1, -0.05) is 32.8 Å². The second kappa shape index (κ2) is 6.23. The van der Waals surface area contributed by atoms with Crippen LogP contribution in [0.15, 0.2) is 23.1 Å². The number of nitrogen functional groups attached to an aromatic ring is 1. The molecule has 0 radical (unpaired) electrons. The van der Waals surface area contributed by atoms with Crippen molar-refractivity contribution >= 4 is 21.4 Å². The van der Waals surface area contributed by atoms with Crippen molar-refractivity contribution < 1.29 is 8.42 Å². The maximum Gasteiger partial charge on any atom is 0.240 e. The lowest BCUT2D eigenvalue weighted by Gasteiger charge is -2.34. The lowest BCUT2D eigenvalue weighted by molar-refractivity contribution is 0.536. The quantitative estimate of drug-likeness (QED) is 0.817. The van der Waals surface area contributed by atoms with E-state index in [4.69, 9.17) is 10.9 Å². The summed E-state index contributed by atoms with van der Waals surface area (Å²) in [6, 6.07) is 5.51. The van der Waals surface area contributed by atoms with E-state index in [0.29, 0.717) is 12.0 Å². The van der Waals surface area contributed by atoms with E-state index in [2.05, 4.69) is 18.7 Å². The molecule has 1 aliphatic rings. The first kappa shape index (κ1) is 16.1. The molecule has 2 rings (SSSR count). The van der Waals surface area contributed by atoms with Gasteiger partial charge in [-0.05, 0) is 30.9 Å². The molecule has 0 saturated heterocycles. The van der Waals surface area contributed by atoms with Crippen molar-refractivity contribution in [1.29, 1.82) is 0 Å². The zero-order valence-corrected chi connectivity index (χ0v) is 13.6. The third-order valence-electron chi connectivity index (χ3n) is 3.99. The van der Waals surface area contributed by atoms with Gasteiger partial charge < -0.3 is 10.6 Å². The van der Waals surface area contributed by atoms with Gasteiger partial charge >= 0.3 is 0 Å². The van der Waals surface area contributed by atoms with Crippen LogP contribution in [-0.4, -0.2) is 21.0 Å². The van der Waals surface area contributed by atoms with Gasteiger partial charge in [-0.15, -0.1) is 0 Å². The van der Waals surface area contributed by atoms with Gasteiger partial charge in [-0.3, -0.25) is 0 Å². The van der Waals surface area contributed by atoms with Crippen LogP contribution in [0.1, 0.15) is 39.5 Å². The first-order valence-electron chi connectivity index (χ1n) is 7.48. The van der Waals surface area contributed by atoms with Crippen LogP contribution in [0.2, 0.25) is 0 Å².